The van der Waals surface area contributed by atoms with Crippen LogP contribution in [-0.4, -0.2) is 38.3 Å². The monoisotopic (exact) mass is 384 g/mol. The van der Waals surface area contributed by atoms with Gasteiger partial charge in [-0.25, -0.2) is 0 Å². The highest BCUT2D eigenvalue weighted by Crippen LogP contribution is 2.31. The van der Waals surface area contributed by atoms with Crippen molar-refractivity contribution in [3.63, 3.8) is 0 Å². The third kappa shape index (κ3) is 3.58. The number of aliphatic carboxylic acids is 1. The molecule has 0 spiro atoms. The number of hydrogen-bond acceptors (Lipinski definition) is 6. The summed E-state index contributed by atoms with van der Waals surface area (Å²) in [5.74, 6) is -2.07. The molecule has 0 unspecified atom stereocenters. The van der Waals surface area contributed by atoms with Gasteiger partial charge >= 0.3 is 5.97 Å². The Morgan fingerprint density at radius 1 is 1.11 bits per heavy atom. The van der Waals surface area contributed by atoms with Gasteiger partial charge in [0.25, 0.3) is 11.5 Å². The molecule has 1 amide bonds. The van der Waals surface area contributed by atoms with Crippen molar-refractivity contribution in [1.82, 2.24) is 9.88 Å². The first-order chi connectivity index (χ1) is 13.3. The van der Waals surface area contributed by atoms with Crippen LogP contribution in [0.5, 0.6) is 23.0 Å². The number of benzene rings is 2. The average Bonchev–Trinajstić information content (AvgIpc) is 2.64. The van der Waals surface area contributed by atoms with Gasteiger partial charge in [0, 0.05) is 24.6 Å². The van der Waals surface area contributed by atoms with Crippen molar-refractivity contribution in [2.24, 2.45) is 7.05 Å². The number of carboxylic acid groups (broad SMARTS) is 1. The molecule has 2 aromatic carbocycles. The molecule has 0 atom stereocenters. The summed E-state index contributed by atoms with van der Waals surface area (Å²) in [4.78, 5) is 35.3. The lowest BCUT2D eigenvalue weighted by Crippen LogP contribution is -2.35. The molecular weight excluding hydrogens is 368 g/mol. The molecule has 28 heavy (non-hydrogen) atoms. The Labute approximate surface area is 158 Å². The minimum absolute atomic E-state index is 0.0281. The van der Waals surface area contributed by atoms with E-state index in [-0.39, 0.29) is 11.1 Å². The number of carbonyl (C=O) groups is 2. The summed E-state index contributed by atoms with van der Waals surface area (Å²) in [5, 5.41) is 30.8. The molecule has 144 valence electrons. The Balaban J connectivity index is 2.04. The summed E-state index contributed by atoms with van der Waals surface area (Å²) >= 11 is 0. The van der Waals surface area contributed by atoms with E-state index in [4.69, 9.17) is 9.84 Å². The largest absolute Gasteiger partial charge is 0.508 e. The number of phenolic OH excluding ortho intramolecular Hbond substituents is 1. The van der Waals surface area contributed by atoms with Crippen molar-refractivity contribution in [3.8, 4) is 23.0 Å². The van der Waals surface area contributed by atoms with Gasteiger partial charge in [0.1, 0.15) is 35.1 Å². The summed E-state index contributed by atoms with van der Waals surface area (Å²) in [6.45, 7) is -0.684. The fourth-order valence-corrected chi connectivity index (χ4v) is 2.70. The van der Waals surface area contributed by atoms with E-state index >= 15 is 0 Å². The molecule has 9 nitrogen and oxygen atoms in total. The minimum Gasteiger partial charge on any atom is -0.508 e. The van der Waals surface area contributed by atoms with Crippen LogP contribution < -0.4 is 15.6 Å². The Morgan fingerprint density at radius 3 is 2.50 bits per heavy atom. The number of ether oxygens (including phenoxy) is 1. The van der Waals surface area contributed by atoms with Crippen LogP contribution in [0, 0.1) is 0 Å². The Hall–Kier alpha value is -4.01. The maximum atomic E-state index is 12.5. The molecule has 0 saturated carbocycles. The molecule has 0 bridgehead atoms. The van der Waals surface area contributed by atoms with Crippen LogP contribution in [0.4, 0.5) is 0 Å². The first-order valence-corrected chi connectivity index (χ1v) is 8.10. The number of carboxylic acids is 1. The lowest BCUT2D eigenvalue weighted by molar-refractivity contribution is -0.135. The number of phenols is 1. The van der Waals surface area contributed by atoms with E-state index in [0.717, 1.165) is 4.57 Å². The van der Waals surface area contributed by atoms with E-state index in [9.17, 15) is 24.6 Å². The third-order valence-electron chi connectivity index (χ3n) is 4.02. The maximum absolute atomic E-state index is 12.5. The summed E-state index contributed by atoms with van der Waals surface area (Å²) in [6, 6.07) is 10.6. The molecule has 1 aromatic heterocycles. The van der Waals surface area contributed by atoms with E-state index in [1.54, 1.807) is 12.1 Å². The number of amides is 1. The Bertz CT molecular complexity index is 1150. The number of aromatic nitrogens is 1. The highest BCUT2D eigenvalue weighted by atomic mass is 16.5. The average molecular weight is 384 g/mol. The number of nitrogens with one attached hydrogen (secondary N) is 1. The zero-order valence-corrected chi connectivity index (χ0v) is 14.7. The summed E-state index contributed by atoms with van der Waals surface area (Å²) < 4.78 is 6.80. The molecule has 0 fully saturated rings. The molecule has 0 saturated heterocycles. The summed E-state index contributed by atoms with van der Waals surface area (Å²) in [7, 11) is 1.41. The molecule has 0 radical (unpaired) electrons. The van der Waals surface area contributed by atoms with E-state index < -0.39 is 35.3 Å². The van der Waals surface area contributed by atoms with Gasteiger partial charge in [-0.2, -0.15) is 0 Å². The van der Waals surface area contributed by atoms with Gasteiger partial charge in [-0.1, -0.05) is 6.07 Å². The van der Waals surface area contributed by atoms with E-state index in [2.05, 4.69) is 5.32 Å². The number of fused-ring (bicyclic) bond motifs is 1. The Kier molecular flexibility index (Phi) is 4.90. The fourth-order valence-electron chi connectivity index (χ4n) is 2.70. The van der Waals surface area contributed by atoms with Crippen molar-refractivity contribution in [2.45, 2.75) is 0 Å². The van der Waals surface area contributed by atoms with Gasteiger partial charge in [0.05, 0.1) is 5.52 Å². The molecule has 3 aromatic rings. The fraction of sp³-hybridized carbons (Fsp3) is 0.105. The van der Waals surface area contributed by atoms with Crippen LogP contribution in [0.2, 0.25) is 0 Å². The van der Waals surface area contributed by atoms with Crippen molar-refractivity contribution in [3.05, 3.63) is 58.4 Å². The maximum Gasteiger partial charge on any atom is 0.322 e. The predicted octanol–water partition coefficient (Wildman–Crippen LogP) is 1.56. The number of pyridine rings is 1. The lowest BCUT2D eigenvalue weighted by Gasteiger charge is -2.13. The second-order valence-corrected chi connectivity index (χ2v) is 5.94. The third-order valence-corrected chi connectivity index (χ3v) is 4.02. The van der Waals surface area contributed by atoms with E-state index in [1.807, 2.05) is 0 Å². The van der Waals surface area contributed by atoms with Gasteiger partial charge in [-0.05, 0) is 24.3 Å². The van der Waals surface area contributed by atoms with Gasteiger partial charge in [0.15, 0.2) is 0 Å². The number of nitrogens with zero attached hydrogens (tertiary/aromatic N) is 1. The number of aryl methyl sites for hydroxylation is 1. The standard InChI is InChI=1S/C19H16N2O7/c1-21-14-8-12(28-11-4-2-3-10(22)7-11)5-6-13(14)17(25)16(19(21)27)18(26)20-9-15(23)24/h2-8,22,25H,9H2,1H3,(H,20,26)(H,23,24). The van der Waals surface area contributed by atoms with Crippen LogP contribution in [0.15, 0.2) is 47.3 Å². The molecular formula is C19H16N2O7. The smallest absolute Gasteiger partial charge is 0.322 e. The molecule has 3 rings (SSSR count). The zero-order valence-electron chi connectivity index (χ0n) is 14.7. The van der Waals surface area contributed by atoms with Gasteiger partial charge in [-0.3, -0.25) is 14.4 Å². The van der Waals surface area contributed by atoms with E-state index in [1.165, 1.54) is 37.4 Å². The molecule has 4 N–H and O–H groups in total. The van der Waals surface area contributed by atoms with Crippen molar-refractivity contribution in [2.75, 3.05) is 6.54 Å². The first kappa shape index (κ1) is 18.8. The SMILES string of the molecule is Cn1c(=O)c(C(=O)NCC(=O)O)c(O)c2ccc(Oc3cccc(O)c3)cc21. The van der Waals surface area contributed by atoms with Crippen LogP contribution in [0.1, 0.15) is 10.4 Å². The predicted molar refractivity (Wildman–Crippen MR) is 99.0 cm³/mol. The molecule has 0 aliphatic carbocycles. The molecule has 0 aliphatic heterocycles. The summed E-state index contributed by atoms with van der Waals surface area (Å²) in [6.07, 6.45) is 0. The van der Waals surface area contributed by atoms with Crippen molar-refractivity contribution in [1.29, 1.82) is 0 Å². The summed E-state index contributed by atoms with van der Waals surface area (Å²) in [5.41, 5.74) is -1.03. The van der Waals surface area contributed by atoms with Gasteiger partial charge in [-0.15, -0.1) is 0 Å². The van der Waals surface area contributed by atoms with Crippen LogP contribution in [0.25, 0.3) is 10.9 Å². The number of rotatable bonds is 5. The minimum atomic E-state index is -1.28. The highest BCUT2D eigenvalue weighted by Gasteiger charge is 2.21. The number of carbonyl (C=O) groups excluding carboxylic acids is 1. The second-order valence-electron chi connectivity index (χ2n) is 5.94. The van der Waals surface area contributed by atoms with Crippen molar-refractivity contribution < 1.29 is 29.6 Å². The van der Waals surface area contributed by atoms with Gasteiger partial charge in [0.2, 0.25) is 0 Å². The van der Waals surface area contributed by atoms with Crippen LogP contribution >= 0.6 is 0 Å². The van der Waals surface area contributed by atoms with Crippen LogP contribution in [0.3, 0.4) is 0 Å². The van der Waals surface area contributed by atoms with E-state index in [0.29, 0.717) is 17.0 Å². The Morgan fingerprint density at radius 2 is 1.82 bits per heavy atom. The molecule has 1 heterocycles. The lowest BCUT2D eigenvalue weighted by atomic mass is 10.1. The highest BCUT2D eigenvalue weighted by molar-refractivity contribution is 6.03. The first-order valence-electron chi connectivity index (χ1n) is 8.10. The molecule has 0 aliphatic rings. The van der Waals surface area contributed by atoms with Gasteiger partial charge < -0.3 is 29.9 Å². The quantitative estimate of drug-likeness (QED) is 0.524. The number of aromatic hydroxyl groups is 2. The normalized spacial score (nSPS) is 10.6. The number of hydrogen-bond donors (Lipinski definition) is 4. The van der Waals surface area contributed by atoms with Crippen molar-refractivity contribution >= 4 is 22.8 Å². The van der Waals surface area contributed by atoms with Crippen LogP contribution in [-0.2, 0) is 11.8 Å². The topological polar surface area (TPSA) is 138 Å². The zero-order chi connectivity index (χ0) is 20.4. The second kappa shape index (κ2) is 7.31. The molecule has 9 heteroatoms.